The summed E-state index contributed by atoms with van der Waals surface area (Å²) < 4.78 is 5.81. The van der Waals surface area contributed by atoms with Crippen LogP contribution in [0.25, 0.3) is 10.8 Å². The summed E-state index contributed by atoms with van der Waals surface area (Å²) in [5.41, 5.74) is 2.46. The number of benzene rings is 1. The van der Waals surface area contributed by atoms with Gasteiger partial charge in [0.15, 0.2) is 0 Å². The summed E-state index contributed by atoms with van der Waals surface area (Å²) in [6, 6.07) is 12.4. The van der Waals surface area contributed by atoms with Crippen molar-refractivity contribution in [1.82, 2.24) is 10.2 Å². The second-order valence-electron chi connectivity index (χ2n) is 5.31. The summed E-state index contributed by atoms with van der Waals surface area (Å²) >= 11 is 1.61. The zero-order valence-corrected chi connectivity index (χ0v) is 13.1. The molecule has 4 rings (SSSR count). The molecule has 0 radical (unpaired) electrons. The molecule has 0 saturated heterocycles. The van der Waals surface area contributed by atoms with Crippen LogP contribution < -0.4 is 9.80 Å². The maximum Gasteiger partial charge on any atom is 0.257 e. The molecule has 0 spiro atoms. The monoisotopic (exact) mass is 312 g/mol. The van der Waals surface area contributed by atoms with Crippen LogP contribution in [0.1, 0.15) is 5.89 Å². The fourth-order valence-electron chi connectivity index (χ4n) is 2.71. The van der Waals surface area contributed by atoms with Gasteiger partial charge in [-0.1, -0.05) is 18.2 Å². The van der Waals surface area contributed by atoms with Gasteiger partial charge in [-0.05, 0) is 23.6 Å². The van der Waals surface area contributed by atoms with E-state index in [4.69, 9.17) is 4.42 Å². The van der Waals surface area contributed by atoms with E-state index in [9.17, 15) is 0 Å². The molecular formula is C16H16N4OS. The van der Waals surface area contributed by atoms with Crippen molar-refractivity contribution in [3.05, 3.63) is 47.7 Å². The molecular weight excluding hydrogens is 296 g/mol. The van der Waals surface area contributed by atoms with E-state index in [0.717, 1.165) is 18.0 Å². The Kier molecular flexibility index (Phi) is 3.31. The molecule has 0 atom stereocenters. The van der Waals surface area contributed by atoms with E-state index in [-0.39, 0.29) is 0 Å². The van der Waals surface area contributed by atoms with Crippen molar-refractivity contribution in [2.24, 2.45) is 0 Å². The Bertz CT molecular complexity index is 768. The maximum atomic E-state index is 5.81. The first kappa shape index (κ1) is 13.3. The summed E-state index contributed by atoms with van der Waals surface area (Å²) in [5, 5.41) is 10.4. The number of aromatic nitrogens is 2. The quantitative estimate of drug-likeness (QED) is 0.743. The molecule has 0 amide bonds. The molecule has 0 bridgehead atoms. The number of anilines is 2. The molecule has 1 aromatic carbocycles. The number of fused-ring (bicyclic) bond motifs is 1. The number of para-hydroxylation sites is 2. The Balaban J connectivity index is 1.58. The van der Waals surface area contributed by atoms with Crippen LogP contribution in [0.15, 0.2) is 46.2 Å². The van der Waals surface area contributed by atoms with Crippen molar-refractivity contribution in [2.75, 3.05) is 29.9 Å². The predicted octanol–water partition coefficient (Wildman–Crippen LogP) is 3.25. The first-order valence-corrected chi connectivity index (χ1v) is 8.10. The SMILES string of the molecule is CN1CCN(Cc2nnc(-c3cccs3)o2)c2ccccc21. The summed E-state index contributed by atoms with van der Waals surface area (Å²) in [6.45, 7) is 2.58. The van der Waals surface area contributed by atoms with E-state index in [1.165, 1.54) is 11.4 Å². The van der Waals surface area contributed by atoms with Gasteiger partial charge in [-0.2, -0.15) is 0 Å². The lowest BCUT2D eigenvalue weighted by molar-refractivity contribution is 0.497. The summed E-state index contributed by atoms with van der Waals surface area (Å²) in [7, 11) is 2.12. The minimum atomic E-state index is 0.604. The standard InChI is InChI=1S/C16H16N4OS/c1-19-8-9-20(13-6-3-2-5-12(13)19)11-15-17-18-16(21-15)14-7-4-10-22-14/h2-7,10H,8-9,11H2,1H3. The third-order valence-corrected chi connectivity index (χ3v) is 4.72. The molecule has 2 aromatic heterocycles. The van der Waals surface area contributed by atoms with Crippen LogP contribution in [0.3, 0.4) is 0 Å². The fraction of sp³-hybridized carbons (Fsp3) is 0.250. The highest BCUT2D eigenvalue weighted by Crippen LogP contribution is 2.33. The Morgan fingerprint density at radius 1 is 1.09 bits per heavy atom. The van der Waals surface area contributed by atoms with Crippen molar-refractivity contribution in [2.45, 2.75) is 6.54 Å². The summed E-state index contributed by atoms with van der Waals surface area (Å²) in [4.78, 5) is 5.58. The molecule has 1 aliphatic heterocycles. The third-order valence-electron chi connectivity index (χ3n) is 3.86. The number of hydrogen-bond acceptors (Lipinski definition) is 6. The second-order valence-corrected chi connectivity index (χ2v) is 6.26. The summed E-state index contributed by atoms with van der Waals surface area (Å²) in [5.74, 6) is 1.26. The van der Waals surface area contributed by atoms with E-state index in [2.05, 4.69) is 51.3 Å². The van der Waals surface area contributed by atoms with Gasteiger partial charge in [-0.3, -0.25) is 0 Å². The zero-order valence-electron chi connectivity index (χ0n) is 12.3. The average Bonchev–Trinajstić information content (AvgIpc) is 3.21. The molecule has 0 unspecified atom stereocenters. The molecule has 0 N–H and O–H groups in total. The number of hydrogen-bond donors (Lipinski definition) is 0. The van der Waals surface area contributed by atoms with Gasteiger partial charge in [0.1, 0.15) is 0 Å². The topological polar surface area (TPSA) is 45.4 Å². The first-order valence-electron chi connectivity index (χ1n) is 7.22. The van der Waals surface area contributed by atoms with Crippen LogP contribution in [0.4, 0.5) is 11.4 Å². The van der Waals surface area contributed by atoms with Crippen LogP contribution in [0, 0.1) is 0 Å². The van der Waals surface area contributed by atoms with Gasteiger partial charge >= 0.3 is 0 Å². The highest BCUT2D eigenvalue weighted by molar-refractivity contribution is 7.13. The van der Waals surface area contributed by atoms with E-state index >= 15 is 0 Å². The van der Waals surface area contributed by atoms with Crippen LogP contribution in [-0.2, 0) is 6.54 Å². The maximum absolute atomic E-state index is 5.81. The minimum absolute atomic E-state index is 0.604. The Morgan fingerprint density at radius 2 is 1.95 bits per heavy atom. The molecule has 0 saturated carbocycles. The first-order chi connectivity index (χ1) is 10.8. The highest BCUT2D eigenvalue weighted by Gasteiger charge is 2.21. The van der Waals surface area contributed by atoms with Crippen molar-refractivity contribution in [3.8, 4) is 10.8 Å². The highest BCUT2D eigenvalue weighted by atomic mass is 32.1. The van der Waals surface area contributed by atoms with Gasteiger partial charge in [-0.25, -0.2) is 0 Å². The van der Waals surface area contributed by atoms with Gasteiger partial charge in [0.05, 0.1) is 22.8 Å². The number of thiophene rings is 1. The number of nitrogens with zero attached hydrogens (tertiary/aromatic N) is 4. The van der Waals surface area contributed by atoms with Gasteiger partial charge in [0.25, 0.3) is 5.89 Å². The van der Waals surface area contributed by atoms with Crippen molar-refractivity contribution >= 4 is 22.7 Å². The fourth-order valence-corrected chi connectivity index (χ4v) is 3.35. The molecule has 5 nitrogen and oxygen atoms in total. The molecule has 1 aliphatic rings. The normalized spacial score (nSPS) is 14.2. The van der Waals surface area contributed by atoms with E-state index in [1.807, 2.05) is 17.5 Å². The number of likely N-dealkylation sites (N-methyl/N-ethyl adjacent to an activating group) is 1. The lowest BCUT2D eigenvalue weighted by Crippen LogP contribution is -2.38. The Morgan fingerprint density at radius 3 is 2.77 bits per heavy atom. The Hall–Kier alpha value is -2.34. The van der Waals surface area contributed by atoms with E-state index in [1.54, 1.807) is 11.3 Å². The van der Waals surface area contributed by atoms with Crippen LogP contribution in [0.5, 0.6) is 0 Å². The third kappa shape index (κ3) is 2.35. The largest absolute Gasteiger partial charge is 0.418 e. The lowest BCUT2D eigenvalue weighted by Gasteiger charge is -2.36. The molecule has 6 heteroatoms. The molecule has 0 aliphatic carbocycles. The minimum Gasteiger partial charge on any atom is -0.418 e. The molecule has 3 aromatic rings. The van der Waals surface area contributed by atoms with E-state index < -0.39 is 0 Å². The number of rotatable bonds is 3. The summed E-state index contributed by atoms with van der Waals surface area (Å²) in [6.07, 6.45) is 0. The molecule has 22 heavy (non-hydrogen) atoms. The van der Waals surface area contributed by atoms with Gasteiger partial charge in [0, 0.05) is 20.1 Å². The molecule has 3 heterocycles. The van der Waals surface area contributed by atoms with Crippen molar-refractivity contribution in [3.63, 3.8) is 0 Å². The molecule has 112 valence electrons. The van der Waals surface area contributed by atoms with E-state index in [0.29, 0.717) is 18.3 Å². The van der Waals surface area contributed by atoms with Gasteiger partial charge < -0.3 is 14.2 Å². The smallest absolute Gasteiger partial charge is 0.257 e. The second kappa shape index (κ2) is 5.46. The predicted molar refractivity (Wildman–Crippen MR) is 88.4 cm³/mol. The van der Waals surface area contributed by atoms with Crippen molar-refractivity contribution < 1.29 is 4.42 Å². The van der Waals surface area contributed by atoms with Crippen LogP contribution in [0.2, 0.25) is 0 Å². The van der Waals surface area contributed by atoms with Crippen molar-refractivity contribution in [1.29, 1.82) is 0 Å². The van der Waals surface area contributed by atoms with Crippen LogP contribution >= 0.6 is 11.3 Å². The van der Waals surface area contributed by atoms with Gasteiger partial charge in [-0.15, -0.1) is 21.5 Å². The Labute approximate surface area is 132 Å². The average molecular weight is 312 g/mol. The van der Waals surface area contributed by atoms with Gasteiger partial charge in [0.2, 0.25) is 5.89 Å². The zero-order chi connectivity index (χ0) is 14.9. The molecule has 0 fully saturated rings. The lowest BCUT2D eigenvalue weighted by atomic mass is 10.2. The van der Waals surface area contributed by atoms with Crippen LogP contribution in [-0.4, -0.2) is 30.3 Å².